The largest absolute Gasteiger partial charge is 0.483 e. The van der Waals surface area contributed by atoms with Crippen LogP contribution >= 0.6 is 0 Å². The van der Waals surface area contributed by atoms with E-state index in [1.807, 2.05) is 13.0 Å². The summed E-state index contributed by atoms with van der Waals surface area (Å²) in [5.41, 5.74) is 0.911. The first-order valence-electron chi connectivity index (χ1n) is 10.8. The van der Waals surface area contributed by atoms with Gasteiger partial charge in [0.1, 0.15) is 17.3 Å². The molecule has 3 rings (SSSR count). The molecule has 1 heterocycles. The molecule has 1 fully saturated rings. The zero-order valence-electron chi connectivity index (χ0n) is 19.2. The van der Waals surface area contributed by atoms with Gasteiger partial charge in [-0.25, -0.2) is 4.39 Å². The molecule has 0 unspecified atom stereocenters. The van der Waals surface area contributed by atoms with Crippen molar-refractivity contribution < 1.29 is 40.1 Å². The first kappa shape index (κ1) is 26.9. The summed E-state index contributed by atoms with van der Waals surface area (Å²) in [6.07, 6.45) is -4.72. The summed E-state index contributed by atoms with van der Waals surface area (Å²) in [6.45, 7) is 5.57. The highest BCUT2D eigenvalue weighted by atomic mass is 32.2. The molecule has 0 aliphatic carbocycles. The molecule has 0 spiro atoms. The maximum Gasteiger partial charge on any atom is 0.416 e. The highest BCUT2D eigenvalue weighted by Gasteiger charge is 2.32. The average Bonchev–Trinajstić information content (AvgIpc) is 2.75. The molecule has 0 radical (unpaired) electrons. The molecule has 1 aliphatic rings. The van der Waals surface area contributed by atoms with Crippen molar-refractivity contribution in [3.05, 3.63) is 64.0 Å². The number of ether oxygens (including phenoxy) is 1. The number of carbonyl (C=O) groups is 1. The number of carbonyl (C=O) groups excluding carboxylic acids is 1. The number of nitrogens with zero attached hydrogens (tertiary/aromatic N) is 2. The van der Waals surface area contributed by atoms with Gasteiger partial charge in [0.15, 0.2) is 6.61 Å². The third kappa shape index (κ3) is 7.39. The summed E-state index contributed by atoms with van der Waals surface area (Å²) in [7, 11) is -4.63. The minimum Gasteiger partial charge on any atom is -0.483 e. The topological polar surface area (TPSA) is 87.2 Å². The van der Waals surface area contributed by atoms with Crippen LogP contribution in [-0.4, -0.2) is 61.5 Å². The Balaban J connectivity index is 1.59. The van der Waals surface area contributed by atoms with Crippen molar-refractivity contribution >= 4 is 16.0 Å². The lowest BCUT2D eigenvalue weighted by atomic mass is 10.0. The van der Waals surface area contributed by atoms with Crippen LogP contribution in [-0.2, 0) is 33.4 Å². The molecule has 0 bridgehead atoms. The van der Waals surface area contributed by atoms with Gasteiger partial charge in [-0.05, 0) is 54.8 Å². The van der Waals surface area contributed by atoms with Gasteiger partial charge in [0.05, 0.1) is 5.56 Å². The van der Waals surface area contributed by atoms with Gasteiger partial charge in [-0.15, -0.1) is 0 Å². The van der Waals surface area contributed by atoms with E-state index in [1.165, 1.54) is 6.07 Å². The van der Waals surface area contributed by atoms with Crippen molar-refractivity contribution in [1.82, 2.24) is 9.80 Å². The number of rotatable bonds is 7. The Morgan fingerprint density at radius 3 is 2.29 bits per heavy atom. The Morgan fingerprint density at radius 1 is 1.03 bits per heavy atom. The summed E-state index contributed by atoms with van der Waals surface area (Å²) < 4.78 is 89.5. The number of piperazine rings is 1. The molecular formula is C23H26F4N2O5S. The monoisotopic (exact) mass is 518 g/mol. The van der Waals surface area contributed by atoms with Crippen molar-refractivity contribution in [2.45, 2.75) is 32.3 Å². The highest BCUT2D eigenvalue weighted by molar-refractivity contribution is 7.85. The Bertz CT molecular complexity index is 1190. The summed E-state index contributed by atoms with van der Waals surface area (Å²) >= 11 is 0. The van der Waals surface area contributed by atoms with E-state index in [1.54, 1.807) is 11.8 Å². The molecule has 2 aromatic carbocycles. The van der Waals surface area contributed by atoms with E-state index in [-0.39, 0.29) is 11.6 Å². The minimum atomic E-state index is -4.72. The third-order valence-electron chi connectivity index (χ3n) is 5.81. The second-order valence-corrected chi connectivity index (χ2v) is 9.97. The highest BCUT2D eigenvalue weighted by Crippen LogP contribution is 2.33. The van der Waals surface area contributed by atoms with Crippen molar-refractivity contribution in [3.63, 3.8) is 0 Å². The quantitative estimate of drug-likeness (QED) is 0.446. The number of hydrogen-bond acceptors (Lipinski definition) is 5. The van der Waals surface area contributed by atoms with Crippen LogP contribution in [0.1, 0.15) is 27.8 Å². The molecule has 2 aromatic rings. The normalized spacial score (nSPS) is 15.3. The first-order chi connectivity index (χ1) is 16.2. The fourth-order valence-corrected chi connectivity index (χ4v) is 4.46. The smallest absolute Gasteiger partial charge is 0.416 e. The summed E-state index contributed by atoms with van der Waals surface area (Å²) in [6, 6.07) is 5.53. The summed E-state index contributed by atoms with van der Waals surface area (Å²) in [5.74, 6) is -1.98. The number of hydrogen-bond donors (Lipinski definition) is 1. The van der Waals surface area contributed by atoms with Crippen LogP contribution in [0.15, 0.2) is 30.3 Å². The van der Waals surface area contributed by atoms with Crippen LogP contribution < -0.4 is 4.74 Å². The van der Waals surface area contributed by atoms with Gasteiger partial charge >= 0.3 is 6.18 Å². The molecular weight excluding hydrogens is 492 g/mol. The molecule has 1 N–H and O–H groups in total. The van der Waals surface area contributed by atoms with Gasteiger partial charge in [0, 0.05) is 38.3 Å². The molecule has 35 heavy (non-hydrogen) atoms. The van der Waals surface area contributed by atoms with E-state index in [9.17, 15) is 30.8 Å². The zero-order valence-corrected chi connectivity index (χ0v) is 20.0. The van der Waals surface area contributed by atoms with Gasteiger partial charge in [-0.3, -0.25) is 14.2 Å². The molecule has 7 nitrogen and oxygen atoms in total. The maximum atomic E-state index is 13.7. The van der Waals surface area contributed by atoms with Gasteiger partial charge in [0.2, 0.25) is 0 Å². The Morgan fingerprint density at radius 2 is 1.69 bits per heavy atom. The average molecular weight is 519 g/mol. The zero-order chi connectivity index (χ0) is 26.0. The van der Waals surface area contributed by atoms with Crippen molar-refractivity contribution in [2.75, 3.05) is 32.8 Å². The van der Waals surface area contributed by atoms with Gasteiger partial charge in [-0.2, -0.15) is 21.6 Å². The fourth-order valence-electron chi connectivity index (χ4n) is 3.84. The molecule has 0 aromatic heterocycles. The van der Waals surface area contributed by atoms with Crippen LogP contribution in [0.3, 0.4) is 0 Å². The molecule has 192 valence electrons. The van der Waals surface area contributed by atoms with Crippen LogP contribution in [0.25, 0.3) is 0 Å². The minimum absolute atomic E-state index is 0.232. The van der Waals surface area contributed by atoms with E-state index in [0.29, 0.717) is 50.4 Å². The number of aryl methyl sites for hydroxylation is 2. The SMILES string of the molecule is Cc1cc(CN2CCN(C(=O)COc3ccc(C(F)(F)F)cc3CS(=O)(=O)O)CC2)c(C)cc1F. The van der Waals surface area contributed by atoms with Crippen LogP contribution in [0.2, 0.25) is 0 Å². The lowest BCUT2D eigenvalue weighted by Crippen LogP contribution is -2.49. The van der Waals surface area contributed by atoms with E-state index in [4.69, 9.17) is 9.29 Å². The summed E-state index contributed by atoms with van der Waals surface area (Å²) in [4.78, 5) is 16.3. The molecule has 0 saturated carbocycles. The van der Waals surface area contributed by atoms with E-state index in [2.05, 4.69) is 4.90 Å². The van der Waals surface area contributed by atoms with E-state index in [0.717, 1.165) is 17.2 Å². The fraction of sp³-hybridized carbons (Fsp3) is 0.435. The maximum absolute atomic E-state index is 13.7. The molecule has 12 heteroatoms. The first-order valence-corrected chi connectivity index (χ1v) is 12.4. The molecule has 1 saturated heterocycles. The van der Waals surface area contributed by atoms with Gasteiger partial charge in [0.25, 0.3) is 16.0 Å². The third-order valence-corrected chi connectivity index (χ3v) is 6.49. The lowest BCUT2D eigenvalue weighted by Gasteiger charge is -2.35. The second-order valence-electron chi connectivity index (χ2n) is 8.52. The predicted molar refractivity (Wildman–Crippen MR) is 120 cm³/mol. The van der Waals surface area contributed by atoms with Crippen molar-refractivity contribution in [1.29, 1.82) is 0 Å². The molecule has 0 atom stereocenters. The standard InChI is InChI=1S/C23H26F4N2O5S/c1-15-10-20(24)16(2)9-17(15)12-28-5-7-29(8-6-28)22(30)13-34-21-4-3-19(23(25,26)27)11-18(21)14-35(31,32)33/h3-4,9-11H,5-8,12-14H2,1-2H3,(H,31,32,33). The molecule has 1 aliphatic heterocycles. The Labute approximate surface area is 201 Å². The van der Waals surface area contributed by atoms with Crippen LogP contribution in [0.5, 0.6) is 5.75 Å². The van der Waals surface area contributed by atoms with E-state index >= 15 is 0 Å². The van der Waals surface area contributed by atoms with Gasteiger partial charge in [-0.1, -0.05) is 6.07 Å². The van der Waals surface area contributed by atoms with Crippen LogP contribution in [0.4, 0.5) is 17.6 Å². The number of alkyl halides is 3. The number of amides is 1. The number of benzene rings is 2. The summed E-state index contributed by atoms with van der Waals surface area (Å²) in [5, 5.41) is 0. The second kappa shape index (κ2) is 10.5. The Hall–Kier alpha value is -2.70. The Kier molecular flexibility index (Phi) is 8.07. The van der Waals surface area contributed by atoms with E-state index < -0.39 is 45.7 Å². The van der Waals surface area contributed by atoms with Crippen molar-refractivity contribution in [2.24, 2.45) is 0 Å². The van der Waals surface area contributed by atoms with Crippen molar-refractivity contribution in [3.8, 4) is 5.75 Å². The van der Waals surface area contributed by atoms with Crippen LogP contribution in [0, 0.1) is 19.7 Å². The molecule has 1 amide bonds. The predicted octanol–water partition coefficient (Wildman–Crippen LogP) is 3.57. The lowest BCUT2D eigenvalue weighted by molar-refractivity contribution is -0.138. The van der Waals surface area contributed by atoms with Gasteiger partial charge < -0.3 is 9.64 Å². The number of halogens is 4.